The van der Waals surface area contributed by atoms with Gasteiger partial charge in [0.1, 0.15) is 5.75 Å². The van der Waals surface area contributed by atoms with Crippen molar-refractivity contribution in [2.24, 2.45) is 0 Å². The van der Waals surface area contributed by atoms with Crippen molar-refractivity contribution in [1.29, 1.82) is 0 Å². The van der Waals surface area contributed by atoms with Crippen LogP contribution >= 0.6 is 45.3 Å². The molecule has 0 radical (unpaired) electrons. The summed E-state index contributed by atoms with van der Waals surface area (Å²) in [7, 11) is 0. The third kappa shape index (κ3) is 21.4. The summed E-state index contributed by atoms with van der Waals surface area (Å²) in [5.41, 5.74) is 7.73. The molecular weight excluding hydrogens is 1050 g/mol. The summed E-state index contributed by atoms with van der Waals surface area (Å²) >= 11 is 5.60. The molecule has 0 bridgehead atoms. The van der Waals surface area contributed by atoms with Crippen molar-refractivity contribution < 1.29 is 14.2 Å². The van der Waals surface area contributed by atoms with Crippen molar-refractivity contribution in [3.05, 3.63) is 100 Å². The third-order valence-electron chi connectivity index (χ3n) is 13.7. The van der Waals surface area contributed by atoms with E-state index in [9.17, 15) is 0 Å². The van der Waals surface area contributed by atoms with Crippen molar-refractivity contribution in [3.8, 4) is 51.9 Å². The molecule has 0 amide bonds. The average molecular weight is 1140 g/mol. The number of benzene rings is 2. The van der Waals surface area contributed by atoms with Crippen LogP contribution < -0.4 is 12.4 Å². The normalized spacial score (nSPS) is 12.4. The third-order valence-corrected chi connectivity index (χ3v) is 27.8. The molecule has 3 nitrogen and oxygen atoms in total. The van der Waals surface area contributed by atoms with E-state index in [-0.39, 0.29) is 0 Å². The van der Waals surface area contributed by atoms with Gasteiger partial charge in [-0.05, 0) is 79.4 Å². The standard InChI is InChI=1S/C28H38OS2.C28H37OS2.C4H8O.3CH3.Sn/c2*1-4-5-6-7-8-9-10-11-12-13-18-29-25-21-24(20-22(2)23(25)3)26-16-17-28(31-26)27-15-14-19-30-27;1-2-4-5-3-1;;;;/h14-17,19-21H,4-13,18H2,1-3H3;14-17,20-21H,4-13,18H2,1-3H3;1-4H2;3*1H3;. The molecule has 0 atom stereocenters. The molecule has 0 N–H and O–H groups in total. The Bertz CT molecular complexity index is 2330. The van der Waals surface area contributed by atoms with Gasteiger partial charge >= 0.3 is 164 Å². The summed E-state index contributed by atoms with van der Waals surface area (Å²) in [5, 5.41) is 2.14. The van der Waals surface area contributed by atoms with Crippen LogP contribution in [0.1, 0.15) is 177 Å². The number of hydrogen-bond donors (Lipinski definition) is 0. The van der Waals surface area contributed by atoms with Gasteiger partial charge in [-0.25, -0.2) is 0 Å². The molecule has 71 heavy (non-hydrogen) atoms. The molecule has 7 rings (SSSR count). The minimum absolute atomic E-state index is 0.825. The van der Waals surface area contributed by atoms with Crippen molar-refractivity contribution in [1.82, 2.24) is 0 Å². The van der Waals surface area contributed by atoms with E-state index in [1.54, 1.807) is 14.2 Å². The molecule has 1 aliphatic rings. The fourth-order valence-electron chi connectivity index (χ4n) is 8.83. The molecule has 1 saturated heterocycles. The summed E-state index contributed by atoms with van der Waals surface area (Å²) < 4.78 is 19.1. The van der Waals surface area contributed by atoms with Crippen molar-refractivity contribution in [3.63, 3.8) is 0 Å². The van der Waals surface area contributed by atoms with Crippen LogP contribution in [0.4, 0.5) is 0 Å². The Morgan fingerprint density at radius 3 is 1.23 bits per heavy atom. The monoisotopic (exact) mass is 1140 g/mol. The number of thiophene rings is 4. The van der Waals surface area contributed by atoms with E-state index in [1.165, 1.54) is 191 Å². The molecule has 1 fully saturated rings. The van der Waals surface area contributed by atoms with Gasteiger partial charge in [0, 0.05) is 27.8 Å². The second kappa shape index (κ2) is 33.5. The smallest absolute Gasteiger partial charge is 0.123 e. The molecule has 4 aromatic heterocycles. The number of rotatable bonds is 29. The maximum atomic E-state index is 6.30. The Morgan fingerprint density at radius 1 is 0.451 bits per heavy atom. The number of unbranched alkanes of at least 4 members (excludes halogenated alkanes) is 18. The molecule has 2 aromatic carbocycles. The largest absolute Gasteiger partial charge is 0.493 e. The van der Waals surface area contributed by atoms with Gasteiger partial charge in [-0.3, -0.25) is 0 Å². The maximum absolute atomic E-state index is 6.30. The topological polar surface area (TPSA) is 27.7 Å². The van der Waals surface area contributed by atoms with Crippen LogP contribution in [0.3, 0.4) is 0 Å². The van der Waals surface area contributed by atoms with Gasteiger partial charge in [-0.2, -0.15) is 0 Å². The summed E-state index contributed by atoms with van der Waals surface area (Å²) in [6.45, 7) is 17.0. The first-order valence-corrected chi connectivity index (χ1v) is 41.2. The van der Waals surface area contributed by atoms with E-state index < -0.39 is 18.4 Å². The van der Waals surface area contributed by atoms with Crippen LogP contribution in [0.25, 0.3) is 40.4 Å². The van der Waals surface area contributed by atoms with Gasteiger partial charge in [-0.15, -0.1) is 22.7 Å². The second-order valence-electron chi connectivity index (χ2n) is 20.9. The SMILES string of the molecule is C1CCOC1.CCCCCCCCCCCCOc1cc(-c2ccc(-c3cc[c]([Sn]([CH3])([CH3])[CH3])s3)s2)cc(C)c1C.CCCCCCCCCCCCOc1cc(-c2ccc(-c3cccs3)s2)cc(C)c1C. The van der Waals surface area contributed by atoms with E-state index in [4.69, 9.17) is 14.2 Å². The molecule has 0 unspecified atom stereocenters. The van der Waals surface area contributed by atoms with E-state index in [0.717, 1.165) is 50.8 Å². The first-order chi connectivity index (χ1) is 34.5. The molecule has 0 spiro atoms. The minimum Gasteiger partial charge on any atom is -0.493 e. The molecule has 1 aliphatic heterocycles. The molecule has 0 saturated carbocycles. The van der Waals surface area contributed by atoms with Gasteiger partial charge < -0.3 is 9.47 Å². The zero-order valence-corrected chi connectivity index (χ0v) is 51.9. The predicted octanol–water partition coefficient (Wildman–Crippen LogP) is 21.5. The van der Waals surface area contributed by atoms with Crippen molar-refractivity contribution in [2.75, 3.05) is 26.4 Å². The van der Waals surface area contributed by atoms with Crippen LogP contribution in [0, 0.1) is 27.7 Å². The first kappa shape index (κ1) is 59.5. The minimum atomic E-state index is -1.99. The Hall–Kier alpha value is -2.40. The fourth-order valence-corrected chi connectivity index (χ4v) is 18.0. The maximum Gasteiger partial charge on any atom is 0.123 e. The zero-order chi connectivity index (χ0) is 50.7. The molecule has 6 aromatic rings. The number of ether oxygens (including phenoxy) is 3. The van der Waals surface area contributed by atoms with Crippen LogP contribution in [-0.4, -0.2) is 44.8 Å². The van der Waals surface area contributed by atoms with Crippen LogP contribution in [0.5, 0.6) is 11.5 Å². The molecule has 8 heteroatoms. The summed E-state index contributed by atoms with van der Waals surface area (Å²) in [6, 6.07) is 27.2. The molecular formula is C63H92O3S4Sn. The van der Waals surface area contributed by atoms with Gasteiger partial charge in [0.15, 0.2) is 0 Å². The van der Waals surface area contributed by atoms with Gasteiger partial charge in [-0.1, -0.05) is 142 Å². The number of aryl methyl sites for hydroxylation is 2. The van der Waals surface area contributed by atoms with Gasteiger partial charge in [0.2, 0.25) is 0 Å². The average Bonchev–Trinajstić information content (AvgIpc) is 4.22. The van der Waals surface area contributed by atoms with Crippen LogP contribution in [0.2, 0.25) is 14.8 Å². The van der Waals surface area contributed by atoms with Crippen molar-refractivity contribution >= 4 is 66.6 Å². The Balaban J connectivity index is 0.000000241. The number of hydrogen-bond acceptors (Lipinski definition) is 7. The Labute approximate surface area is 453 Å². The van der Waals surface area contributed by atoms with E-state index >= 15 is 0 Å². The van der Waals surface area contributed by atoms with Crippen LogP contribution in [-0.2, 0) is 4.74 Å². The van der Waals surface area contributed by atoms with Gasteiger partial charge in [0.25, 0.3) is 0 Å². The molecule has 5 heterocycles. The van der Waals surface area contributed by atoms with Crippen LogP contribution in [0.15, 0.2) is 78.2 Å². The summed E-state index contributed by atoms with van der Waals surface area (Å²) in [6.07, 6.45) is 29.7. The summed E-state index contributed by atoms with van der Waals surface area (Å²) in [4.78, 5) is 15.6. The van der Waals surface area contributed by atoms with Gasteiger partial charge in [0.05, 0.1) is 6.61 Å². The first-order valence-electron chi connectivity index (χ1n) is 27.9. The van der Waals surface area contributed by atoms with E-state index in [2.05, 4.69) is 135 Å². The van der Waals surface area contributed by atoms with Crippen molar-refractivity contribution in [2.45, 2.75) is 198 Å². The molecule has 0 aliphatic carbocycles. The quantitative estimate of drug-likeness (QED) is 0.0346. The molecule has 390 valence electrons. The second-order valence-corrected chi connectivity index (χ2v) is 40.5. The Kier molecular flexibility index (Phi) is 28.1. The van der Waals surface area contributed by atoms with E-state index in [1.807, 2.05) is 34.0 Å². The predicted molar refractivity (Wildman–Crippen MR) is 323 cm³/mol. The zero-order valence-electron chi connectivity index (χ0n) is 45.7. The fraction of sp³-hybridized carbons (Fsp3) is 0.556. The Morgan fingerprint density at radius 2 is 0.845 bits per heavy atom. The summed E-state index contributed by atoms with van der Waals surface area (Å²) in [5.74, 6) is 2.11. The van der Waals surface area contributed by atoms with E-state index in [0.29, 0.717) is 0 Å².